The van der Waals surface area contributed by atoms with E-state index in [2.05, 4.69) is 0 Å². The van der Waals surface area contributed by atoms with Gasteiger partial charge in [0.15, 0.2) is 5.78 Å². The molecule has 2 aromatic rings. The fraction of sp³-hybridized carbons (Fsp3) is 0.409. The number of likely N-dealkylation sites (tertiary alicyclic amines) is 1. The van der Waals surface area contributed by atoms with Gasteiger partial charge in [-0.25, -0.2) is 4.57 Å². The number of benzene rings is 2. The van der Waals surface area contributed by atoms with Crippen molar-refractivity contribution >= 4 is 47.5 Å². The molecule has 1 unspecified atom stereocenters. The smallest absolute Gasteiger partial charge is 0.415 e. The van der Waals surface area contributed by atoms with Gasteiger partial charge in [-0.3, -0.25) is 4.79 Å². The van der Waals surface area contributed by atoms with Gasteiger partial charge in [0.05, 0.1) is 6.04 Å². The van der Waals surface area contributed by atoms with Crippen molar-refractivity contribution < 1.29 is 18.4 Å². The van der Waals surface area contributed by atoms with Crippen LogP contribution in [0.25, 0.3) is 0 Å². The van der Waals surface area contributed by atoms with Gasteiger partial charge in [-0.2, -0.15) is 0 Å². The highest BCUT2D eigenvalue weighted by Gasteiger charge is 2.48. The van der Waals surface area contributed by atoms with Gasteiger partial charge in [0.25, 0.3) is 0 Å². The number of carbonyl (C=O) groups excluding carboxylic acids is 1. The van der Waals surface area contributed by atoms with Gasteiger partial charge in [-0.15, -0.1) is 34.0 Å². The van der Waals surface area contributed by atoms with E-state index in [9.17, 15) is 9.36 Å². The van der Waals surface area contributed by atoms with Crippen molar-refractivity contribution in [1.29, 1.82) is 0 Å². The van der Waals surface area contributed by atoms with Crippen LogP contribution in [0.2, 0.25) is 0 Å². The third kappa shape index (κ3) is 7.59. The first-order valence-corrected chi connectivity index (χ1v) is 12.0. The van der Waals surface area contributed by atoms with Crippen LogP contribution in [-0.2, 0) is 9.36 Å². The van der Waals surface area contributed by atoms with E-state index in [4.69, 9.17) is 20.5 Å². The maximum absolute atomic E-state index is 14.1. The second kappa shape index (κ2) is 14.0. The monoisotopic (exact) mass is 591 g/mol. The number of nitrogens with two attached hydrogens (primary N) is 2. The van der Waals surface area contributed by atoms with E-state index >= 15 is 0 Å². The molecule has 0 aliphatic carbocycles. The number of hydrogen-bond acceptors (Lipinski definition) is 6. The lowest BCUT2D eigenvalue weighted by molar-refractivity contribution is -0.132. The number of unbranched alkanes of at least 4 members (excludes halogenated alkanes) is 1. The Hall–Kier alpha value is -1.38. The van der Waals surface area contributed by atoms with Crippen molar-refractivity contribution in [3.05, 3.63) is 60.7 Å². The Morgan fingerprint density at radius 1 is 1.00 bits per heavy atom. The molecule has 0 saturated carbocycles. The average molecular weight is 593 g/mol. The molecule has 178 valence electrons. The molecule has 2 atom stereocenters. The van der Waals surface area contributed by atoms with E-state index in [0.717, 1.165) is 12.8 Å². The lowest BCUT2D eigenvalue weighted by Crippen LogP contribution is -2.46. The number of rotatable bonds is 10. The van der Waals surface area contributed by atoms with E-state index in [1.165, 1.54) is 0 Å². The summed E-state index contributed by atoms with van der Waals surface area (Å²) in [5.74, 6) is -0.0411. The topological polar surface area (TPSA) is 108 Å². The fourth-order valence-electron chi connectivity index (χ4n) is 3.58. The molecular formula is C22H32Br2N3O4P. The minimum atomic E-state index is -3.76. The summed E-state index contributed by atoms with van der Waals surface area (Å²) < 4.78 is 25.9. The first-order chi connectivity index (χ1) is 14.5. The molecule has 1 fully saturated rings. The number of para-hydroxylation sites is 2. The molecule has 2 aromatic carbocycles. The predicted molar refractivity (Wildman–Crippen MR) is 138 cm³/mol. The van der Waals surface area contributed by atoms with Gasteiger partial charge in [0, 0.05) is 6.54 Å². The highest BCUT2D eigenvalue weighted by Crippen LogP contribution is 2.57. The van der Waals surface area contributed by atoms with Crippen molar-refractivity contribution in [2.75, 3.05) is 13.1 Å². The molecule has 10 heteroatoms. The van der Waals surface area contributed by atoms with Crippen molar-refractivity contribution in [2.24, 2.45) is 11.5 Å². The van der Waals surface area contributed by atoms with Crippen LogP contribution in [0.5, 0.6) is 11.5 Å². The second-order valence-electron chi connectivity index (χ2n) is 7.39. The second-order valence-corrected chi connectivity index (χ2v) is 9.43. The molecular weight excluding hydrogens is 561 g/mol. The van der Waals surface area contributed by atoms with Crippen molar-refractivity contribution in [2.45, 2.75) is 43.9 Å². The van der Waals surface area contributed by atoms with Gasteiger partial charge in [-0.05, 0) is 56.5 Å². The zero-order valence-corrected chi connectivity index (χ0v) is 22.2. The van der Waals surface area contributed by atoms with Crippen LogP contribution in [0.15, 0.2) is 60.7 Å². The van der Waals surface area contributed by atoms with Gasteiger partial charge in [-0.1, -0.05) is 42.8 Å². The van der Waals surface area contributed by atoms with Gasteiger partial charge in [0.1, 0.15) is 11.5 Å². The Kier molecular flexibility index (Phi) is 12.5. The largest absolute Gasteiger partial charge is 0.453 e. The molecule has 3 rings (SSSR count). The van der Waals surface area contributed by atoms with Crippen LogP contribution < -0.4 is 20.5 Å². The lowest BCUT2D eigenvalue weighted by atomic mass is 10.1. The zero-order chi connectivity index (χ0) is 21.4. The molecule has 7 nitrogen and oxygen atoms in total. The molecule has 1 aliphatic heterocycles. The highest BCUT2D eigenvalue weighted by atomic mass is 79.9. The summed E-state index contributed by atoms with van der Waals surface area (Å²) in [4.78, 5) is 14.6. The molecule has 0 aromatic heterocycles. The third-order valence-electron chi connectivity index (χ3n) is 5.11. The quantitative estimate of drug-likeness (QED) is 0.300. The maximum atomic E-state index is 14.1. The molecule has 0 radical (unpaired) electrons. The highest BCUT2D eigenvalue weighted by molar-refractivity contribution is 8.93. The third-order valence-corrected chi connectivity index (χ3v) is 7.30. The Labute approximate surface area is 210 Å². The molecule has 32 heavy (non-hydrogen) atoms. The summed E-state index contributed by atoms with van der Waals surface area (Å²) in [5, 5.41) is 0. The van der Waals surface area contributed by atoms with Crippen molar-refractivity contribution in [3.63, 3.8) is 0 Å². The summed E-state index contributed by atoms with van der Waals surface area (Å²) in [6.07, 6.45) is 3.38. The number of nitrogens with zero attached hydrogens (tertiary/aromatic N) is 1. The Morgan fingerprint density at radius 2 is 1.53 bits per heavy atom. The Bertz CT molecular complexity index is 815. The normalized spacial score (nSPS) is 16.4. The average Bonchev–Trinajstić information content (AvgIpc) is 3.25. The van der Waals surface area contributed by atoms with Gasteiger partial charge in [0.2, 0.25) is 5.91 Å². The van der Waals surface area contributed by atoms with Crippen LogP contribution in [0.4, 0.5) is 0 Å². The zero-order valence-electron chi connectivity index (χ0n) is 17.9. The molecule has 1 amide bonds. The molecule has 0 bridgehead atoms. The number of amides is 1. The fourth-order valence-corrected chi connectivity index (χ4v) is 5.76. The van der Waals surface area contributed by atoms with E-state index in [-0.39, 0.29) is 39.9 Å². The first-order valence-electron chi connectivity index (χ1n) is 10.4. The lowest BCUT2D eigenvalue weighted by Gasteiger charge is -2.32. The van der Waals surface area contributed by atoms with Crippen molar-refractivity contribution in [3.8, 4) is 11.5 Å². The minimum Gasteiger partial charge on any atom is -0.415 e. The molecule has 1 saturated heterocycles. The van der Waals surface area contributed by atoms with Gasteiger partial charge >= 0.3 is 7.60 Å². The summed E-state index contributed by atoms with van der Waals surface area (Å²) in [6.45, 7) is 1.05. The standard InChI is InChI=1S/C22H30N3O4P.2BrH/c23-16-8-7-14-20(24)22(26)25-17-9-15-21(25)30(27,28-18-10-3-1-4-11-18)29-19-12-5-2-6-13-19;;/h1-6,10-13,20-21H,7-9,14-17,23-24H2;2*1H/t20-,21?;;/m0../s1. The van der Waals surface area contributed by atoms with Crippen LogP contribution in [-0.4, -0.2) is 35.7 Å². The van der Waals surface area contributed by atoms with Crippen LogP contribution in [0.1, 0.15) is 32.1 Å². The van der Waals surface area contributed by atoms with Crippen LogP contribution in [0.3, 0.4) is 0 Å². The molecule has 4 N–H and O–H groups in total. The first kappa shape index (κ1) is 28.7. The maximum Gasteiger partial charge on any atom is 0.453 e. The number of halogens is 2. The molecule has 0 spiro atoms. The SMILES string of the molecule is Br.Br.NCCCC[C@H](N)C(=O)N1CCCC1P(=O)(Oc1ccccc1)Oc1ccccc1. The number of carbonyl (C=O) groups is 1. The van der Waals surface area contributed by atoms with Gasteiger partial charge < -0.3 is 25.4 Å². The number of hydrogen-bond donors (Lipinski definition) is 2. The molecule has 1 aliphatic rings. The van der Waals surface area contributed by atoms with E-state index in [0.29, 0.717) is 43.9 Å². The Balaban J connectivity index is 0.00000256. The van der Waals surface area contributed by atoms with E-state index in [1.54, 1.807) is 53.4 Å². The Morgan fingerprint density at radius 3 is 2.03 bits per heavy atom. The summed E-state index contributed by atoms with van der Waals surface area (Å²) in [6, 6.07) is 17.1. The van der Waals surface area contributed by atoms with Crippen LogP contribution in [0, 0.1) is 0 Å². The van der Waals surface area contributed by atoms with Crippen LogP contribution >= 0.6 is 41.6 Å². The summed E-state index contributed by atoms with van der Waals surface area (Å²) >= 11 is 0. The predicted octanol–water partition coefficient (Wildman–Crippen LogP) is 4.90. The summed E-state index contributed by atoms with van der Waals surface area (Å²) in [5.41, 5.74) is 11.7. The van der Waals surface area contributed by atoms with E-state index in [1.807, 2.05) is 12.1 Å². The van der Waals surface area contributed by atoms with E-state index < -0.39 is 19.4 Å². The minimum absolute atomic E-state index is 0. The van der Waals surface area contributed by atoms with Crippen molar-refractivity contribution in [1.82, 2.24) is 4.90 Å². The molecule has 1 heterocycles. The summed E-state index contributed by atoms with van der Waals surface area (Å²) in [7, 11) is -3.76.